The van der Waals surface area contributed by atoms with Gasteiger partial charge in [-0.1, -0.05) is 41.9 Å². The number of rotatable bonds is 7. The molecular weight excluding hydrogens is 330 g/mol. The van der Waals surface area contributed by atoms with Crippen LogP contribution in [-0.4, -0.2) is 18.8 Å². The Morgan fingerprint density at radius 3 is 2.78 bits per heavy atom. The molecule has 0 fully saturated rings. The van der Waals surface area contributed by atoms with Crippen molar-refractivity contribution in [2.24, 2.45) is 0 Å². The maximum Gasteiger partial charge on any atom is 0.230 e. The largest absolute Gasteiger partial charge is 0.496 e. The van der Waals surface area contributed by atoms with Gasteiger partial charge in [-0.05, 0) is 30.7 Å². The van der Waals surface area contributed by atoms with Gasteiger partial charge in [0.25, 0.3) is 0 Å². The highest BCUT2D eigenvalue weighted by Gasteiger charge is 2.13. The van der Waals surface area contributed by atoms with E-state index in [1.807, 2.05) is 55.5 Å². The summed E-state index contributed by atoms with van der Waals surface area (Å²) in [5.74, 6) is 1.96. The minimum atomic E-state index is -0.0922. The number of para-hydroxylation sites is 1. The molecule has 0 heterocycles. The first-order valence-electron chi connectivity index (χ1n) is 7.34. The summed E-state index contributed by atoms with van der Waals surface area (Å²) < 4.78 is 5.33. The Morgan fingerprint density at radius 2 is 2.04 bits per heavy atom. The normalized spacial score (nSPS) is 11.8. The molecule has 0 aromatic heterocycles. The summed E-state index contributed by atoms with van der Waals surface area (Å²) in [6.07, 6.45) is 0. The molecule has 122 valence electrons. The highest BCUT2D eigenvalue weighted by Crippen LogP contribution is 2.24. The van der Waals surface area contributed by atoms with Crippen molar-refractivity contribution in [1.29, 1.82) is 0 Å². The summed E-state index contributed by atoms with van der Waals surface area (Å²) in [5.41, 5.74) is 2.09. The molecule has 0 spiro atoms. The molecule has 0 aliphatic heterocycles. The molecule has 1 N–H and O–H groups in total. The van der Waals surface area contributed by atoms with Crippen LogP contribution in [0.2, 0.25) is 5.02 Å². The molecule has 5 heteroatoms. The van der Waals surface area contributed by atoms with Crippen molar-refractivity contribution in [3.8, 4) is 5.75 Å². The first-order valence-corrected chi connectivity index (χ1v) is 8.88. The minimum absolute atomic E-state index is 0.00966. The van der Waals surface area contributed by atoms with Gasteiger partial charge in [-0.15, -0.1) is 11.8 Å². The Hall–Kier alpha value is -1.65. The van der Waals surface area contributed by atoms with Crippen LogP contribution in [0.4, 0.5) is 0 Å². The number of halogens is 1. The van der Waals surface area contributed by atoms with Crippen molar-refractivity contribution >= 4 is 29.3 Å². The number of methoxy groups -OCH3 is 1. The number of hydrogen-bond acceptors (Lipinski definition) is 3. The van der Waals surface area contributed by atoms with E-state index in [2.05, 4.69) is 5.32 Å². The quantitative estimate of drug-likeness (QED) is 0.802. The Kier molecular flexibility index (Phi) is 6.81. The van der Waals surface area contributed by atoms with E-state index in [1.54, 1.807) is 18.9 Å². The fraction of sp³-hybridized carbons (Fsp3) is 0.278. The molecule has 1 atom stereocenters. The third kappa shape index (κ3) is 5.48. The molecule has 0 saturated carbocycles. The van der Waals surface area contributed by atoms with Crippen LogP contribution in [0.3, 0.4) is 0 Å². The van der Waals surface area contributed by atoms with Crippen LogP contribution in [0.25, 0.3) is 0 Å². The summed E-state index contributed by atoms with van der Waals surface area (Å²) >= 11 is 7.52. The molecule has 3 nitrogen and oxygen atoms in total. The molecule has 2 aromatic carbocycles. The number of ether oxygens (including phenoxy) is 1. The zero-order chi connectivity index (χ0) is 16.7. The number of amides is 1. The molecule has 0 aliphatic carbocycles. The second-order valence-electron chi connectivity index (χ2n) is 5.15. The van der Waals surface area contributed by atoms with E-state index in [9.17, 15) is 4.79 Å². The van der Waals surface area contributed by atoms with Gasteiger partial charge in [-0.25, -0.2) is 0 Å². The third-order valence-corrected chi connectivity index (χ3v) is 4.61. The highest BCUT2D eigenvalue weighted by atomic mass is 35.5. The molecule has 2 aromatic rings. The summed E-state index contributed by atoms with van der Waals surface area (Å²) in [4.78, 5) is 12.1. The number of carbonyl (C=O) groups is 1. The molecule has 0 aliphatic rings. The van der Waals surface area contributed by atoms with Crippen LogP contribution in [0, 0.1) is 0 Å². The van der Waals surface area contributed by atoms with Gasteiger partial charge < -0.3 is 10.1 Å². The van der Waals surface area contributed by atoms with Crippen LogP contribution in [0.5, 0.6) is 5.75 Å². The van der Waals surface area contributed by atoms with Gasteiger partial charge in [0.1, 0.15) is 5.75 Å². The van der Waals surface area contributed by atoms with Gasteiger partial charge in [0.05, 0.1) is 18.9 Å². The number of benzene rings is 2. The van der Waals surface area contributed by atoms with Crippen molar-refractivity contribution < 1.29 is 9.53 Å². The lowest BCUT2D eigenvalue weighted by Gasteiger charge is -2.17. The Balaban J connectivity index is 1.82. The maximum absolute atomic E-state index is 12.1. The molecule has 23 heavy (non-hydrogen) atoms. The minimum Gasteiger partial charge on any atom is -0.496 e. The average Bonchev–Trinajstić information content (AvgIpc) is 2.54. The van der Waals surface area contributed by atoms with Crippen molar-refractivity contribution in [2.45, 2.75) is 18.7 Å². The van der Waals surface area contributed by atoms with Gasteiger partial charge in [0.15, 0.2) is 0 Å². The average molecular weight is 350 g/mol. The van der Waals surface area contributed by atoms with E-state index < -0.39 is 0 Å². The second kappa shape index (κ2) is 8.85. The van der Waals surface area contributed by atoms with Crippen LogP contribution >= 0.6 is 23.4 Å². The predicted octanol–water partition coefficient (Wildman–Crippen LogP) is 4.46. The first kappa shape index (κ1) is 17.7. The molecule has 0 bridgehead atoms. The first-order chi connectivity index (χ1) is 11.1. The van der Waals surface area contributed by atoms with Crippen LogP contribution in [0.1, 0.15) is 24.1 Å². The monoisotopic (exact) mass is 349 g/mol. The fourth-order valence-corrected chi connectivity index (χ4v) is 3.27. The summed E-state index contributed by atoms with van der Waals surface area (Å²) in [5, 5.41) is 3.72. The van der Waals surface area contributed by atoms with E-state index >= 15 is 0 Å². The van der Waals surface area contributed by atoms with E-state index in [0.717, 1.165) is 27.7 Å². The summed E-state index contributed by atoms with van der Waals surface area (Å²) in [7, 11) is 1.63. The maximum atomic E-state index is 12.1. The zero-order valence-corrected chi connectivity index (χ0v) is 14.8. The van der Waals surface area contributed by atoms with Gasteiger partial charge in [0, 0.05) is 16.3 Å². The summed E-state index contributed by atoms with van der Waals surface area (Å²) in [6.45, 7) is 1.96. The fourth-order valence-electron chi connectivity index (χ4n) is 2.27. The molecule has 0 radical (unpaired) electrons. The van der Waals surface area contributed by atoms with Crippen molar-refractivity contribution in [1.82, 2.24) is 5.32 Å². The Bertz CT molecular complexity index is 663. The molecule has 0 unspecified atom stereocenters. The number of carbonyl (C=O) groups excluding carboxylic acids is 1. The predicted molar refractivity (Wildman–Crippen MR) is 97.2 cm³/mol. The van der Waals surface area contributed by atoms with Gasteiger partial charge in [0.2, 0.25) is 5.91 Å². The van der Waals surface area contributed by atoms with E-state index in [0.29, 0.717) is 5.75 Å². The topological polar surface area (TPSA) is 38.3 Å². The second-order valence-corrected chi connectivity index (χ2v) is 6.58. The lowest BCUT2D eigenvalue weighted by atomic mass is 10.1. The summed E-state index contributed by atoms with van der Waals surface area (Å²) in [6, 6.07) is 15.3. The van der Waals surface area contributed by atoms with Gasteiger partial charge in [-0.3, -0.25) is 4.79 Å². The van der Waals surface area contributed by atoms with Gasteiger partial charge >= 0.3 is 0 Å². The molecule has 1 amide bonds. The van der Waals surface area contributed by atoms with E-state index in [1.165, 1.54) is 0 Å². The van der Waals surface area contributed by atoms with E-state index in [4.69, 9.17) is 16.3 Å². The van der Waals surface area contributed by atoms with Crippen LogP contribution < -0.4 is 10.1 Å². The van der Waals surface area contributed by atoms with Crippen molar-refractivity contribution in [3.63, 3.8) is 0 Å². The highest BCUT2D eigenvalue weighted by molar-refractivity contribution is 7.99. The van der Waals surface area contributed by atoms with Crippen LogP contribution in [-0.2, 0) is 10.5 Å². The molecule has 0 saturated heterocycles. The van der Waals surface area contributed by atoms with E-state index in [-0.39, 0.29) is 11.9 Å². The number of nitrogens with one attached hydrogen (secondary N) is 1. The number of hydrogen-bond donors (Lipinski definition) is 1. The Morgan fingerprint density at radius 1 is 1.26 bits per heavy atom. The zero-order valence-electron chi connectivity index (χ0n) is 13.2. The van der Waals surface area contributed by atoms with Gasteiger partial charge in [-0.2, -0.15) is 0 Å². The Labute approximate surface area is 146 Å². The van der Waals surface area contributed by atoms with Crippen molar-refractivity contribution in [3.05, 3.63) is 64.7 Å². The lowest BCUT2D eigenvalue weighted by Crippen LogP contribution is -2.28. The molecular formula is C18H20ClNO2S. The molecule has 2 rings (SSSR count). The smallest absolute Gasteiger partial charge is 0.230 e. The SMILES string of the molecule is COc1ccccc1[C@H](C)NC(=O)CSCc1cccc(Cl)c1. The standard InChI is InChI=1S/C18H20ClNO2S/c1-13(16-8-3-4-9-17(16)22-2)20-18(21)12-23-11-14-6-5-7-15(19)10-14/h3-10,13H,11-12H2,1-2H3,(H,20,21)/t13-/m0/s1. The lowest BCUT2D eigenvalue weighted by molar-refractivity contribution is -0.119. The van der Waals surface area contributed by atoms with Crippen LogP contribution in [0.15, 0.2) is 48.5 Å². The number of thioether (sulfide) groups is 1. The third-order valence-electron chi connectivity index (χ3n) is 3.37. The van der Waals surface area contributed by atoms with Crippen molar-refractivity contribution in [2.75, 3.05) is 12.9 Å².